The Bertz CT molecular complexity index is 1160. The summed E-state index contributed by atoms with van der Waals surface area (Å²) in [7, 11) is 3.28. The number of amides is 2. The highest BCUT2D eigenvalue weighted by Gasteiger charge is 2.24. The maximum Gasteiger partial charge on any atom is 0.407 e. The highest BCUT2D eigenvalue weighted by molar-refractivity contribution is 5.94. The summed E-state index contributed by atoms with van der Waals surface area (Å²) in [5, 5.41) is 4.95. The lowest BCUT2D eigenvalue weighted by molar-refractivity contribution is -0.189. The molecule has 9 nitrogen and oxygen atoms in total. The Balaban J connectivity index is 1.14. The van der Waals surface area contributed by atoms with Crippen LogP contribution in [0.1, 0.15) is 24.3 Å². The molecule has 0 saturated carbocycles. The van der Waals surface area contributed by atoms with Crippen LogP contribution in [0, 0.1) is 0 Å². The minimum Gasteiger partial charge on any atom is -0.497 e. The Morgan fingerprint density at radius 2 is 1.89 bits per heavy atom. The number of benzene rings is 2. The van der Waals surface area contributed by atoms with E-state index >= 15 is 0 Å². The summed E-state index contributed by atoms with van der Waals surface area (Å²) in [5.41, 5.74) is 1.87. The highest BCUT2D eigenvalue weighted by atomic mass is 16.7. The van der Waals surface area contributed by atoms with Crippen LogP contribution in [0.15, 0.2) is 60.9 Å². The lowest BCUT2D eigenvalue weighted by atomic mass is 9.94. The van der Waals surface area contributed by atoms with E-state index in [4.69, 9.17) is 18.9 Å². The number of rotatable bonds is 9. The van der Waals surface area contributed by atoms with Crippen molar-refractivity contribution in [3.63, 3.8) is 0 Å². The second-order valence-corrected chi connectivity index (χ2v) is 8.53. The SMILES string of the molecule is COc1ccc2c(cccc2[C@H]2CO[C@H](CCCNC(=O)OCC(=O)N(C)c3ccncc3)OC2)c1. The molecule has 0 aliphatic carbocycles. The van der Waals surface area contributed by atoms with Crippen molar-refractivity contribution in [2.24, 2.45) is 0 Å². The van der Waals surface area contributed by atoms with Crippen LogP contribution in [0.5, 0.6) is 5.75 Å². The average Bonchev–Trinajstić information content (AvgIpc) is 2.93. The maximum atomic E-state index is 12.2. The fraction of sp³-hybridized carbons (Fsp3) is 0.370. The summed E-state index contributed by atoms with van der Waals surface area (Å²) >= 11 is 0. The Morgan fingerprint density at radius 3 is 2.64 bits per heavy atom. The molecular weight excluding hydrogens is 462 g/mol. The number of fused-ring (bicyclic) bond motifs is 1. The largest absolute Gasteiger partial charge is 0.497 e. The normalized spacial score (nSPS) is 17.4. The van der Waals surface area contributed by atoms with Crippen molar-refractivity contribution >= 4 is 28.5 Å². The zero-order valence-corrected chi connectivity index (χ0v) is 20.5. The number of carbonyl (C=O) groups excluding carboxylic acids is 2. The number of hydrogen-bond acceptors (Lipinski definition) is 7. The molecular formula is C27H31N3O6. The third-order valence-electron chi connectivity index (χ3n) is 6.16. The number of nitrogens with zero attached hydrogens (tertiary/aromatic N) is 2. The minimum atomic E-state index is -0.635. The van der Waals surface area contributed by atoms with E-state index in [9.17, 15) is 9.59 Å². The first-order chi connectivity index (χ1) is 17.5. The van der Waals surface area contributed by atoms with Crippen LogP contribution in [-0.4, -0.2) is 63.8 Å². The van der Waals surface area contributed by atoms with Gasteiger partial charge in [-0.25, -0.2) is 4.79 Å². The van der Waals surface area contributed by atoms with E-state index in [1.54, 1.807) is 38.7 Å². The van der Waals surface area contributed by atoms with Gasteiger partial charge in [0.15, 0.2) is 12.9 Å². The molecule has 190 valence electrons. The number of carbonyl (C=O) groups is 2. The predicted molar refractivity (Wildman–Crippen MR) is 135 cm³/mol. The number of alkyl carbamates (subject to hydrolysis) is 1. The molecule has 1 aliphatic heterocycles. The molecule has 9 heteroatoms. The van der Waals surface area contributed by atoms with Gasteiger partial charge in [0.25, 0.3) is 5.91 Å². The molecule has 4 rings (SSSR count). The molecule has 2 heterocycles. The highest BCUT2D eigenvalue weighted by Crippen LogP contribution is 2.31. The molecule has 0 unspecified atom stereocenters. The van der Waals surface area contributed by atoms with E-state index in [0.717, 1.165) is 11.1 Å². The van der Waals surface area contributed by atoms with Crippen molar-refractivity contribution in [2.45, 2.75) is 25.0 Å². The van der Waals surface area contributed by atoms with Crippen molar-refractivity contribution < 1.29 is 28.5 Å². The Labute approximate surface area is 210 Å². The van der Waals surface area contributed by atoms with Crippen LogP contribution in [-0.2, 0) is 19.0 Å². The first-order valence-corrected chi connectivity index (χ1v) is 11.9. The summed E-state index contributed by atoms with van der Waals surface area (Å²) in [6.07, 6.45) is 3.53. The van der Waals surface area contributed by atoms with Crippen molar-refractivity contribution in [3.8, 4) is 5.75 Å². The zero-order valence-electron chi connectivity index (χ0n) is 20.5. The minimum absolute atomic E-state index is 0.147. The van der Waals surface area contributed by atoms with E-state index < -0.39 is 6.09 Å². The van der Waals surface area contributed by atoms with Gasteiger partial charge >= 0.3 is 6.09 Å². The first-order valence-electron chi connectivity index (χ1n) is 11.9. The fourth-order valence-corrected chi connectivity index (χ4v) is 4.11. The molecule has 0 radical (unpaired) electrons. The molecule has 1 aromatic heterocycles. The Kier molecular flexibility index (Phi) is 8.70. The lowest BCUT2D eigenvalue weighted by Crippen LogP contribution is -2.34. The smallest absolute Gasteiger partial charge is 0.407 e. The molecule has 36 heavy (non-hydrogen) atoms. The lowest BCUT2D eigenvalue weighted by Gasteiger charge is -2.30. The van der Waals surface area contributed by atoms with Crippen LogP contribution < -0.4 is 15.0 Å². The van der Waals surface area contributed by atoms with Crippen LogP contribution in [0.4, 0.5) is 10.5 Å². The van der Waals surface area contributed by atoms with Gasteiger partial charge in [-0.3, -0.25) is 9.78 Å². The predicted octanol–water partition coefficient (Wildman–Crippen LogP) is 3.87. The Morgan fingerprint density at radius 1 is 1.11 bits per heavy atom. The number of hydrogen-bond donors (Lipinski definition) is 1. The summed E-state index contributed by atoms with van der Waals surface area (Å²) < 4.78 is 22.3. The van der Waals surface area contributed by atoms with Gasteiger partial charge in [0, 0.05) is 44.0 Å². The second-order valence-electron chi connectivity index (χ2n) is 8.53. The summed E-state index contributed by atoms with van der Waals surface area (Å²) in [6.45, 7) is 1.18. The fourth-order valence-electron chi connectivity index (χ4n) is 4.11. The van der Waals surface area contributed by atoms with E-state index in [1.807, 2.05) is 18.2 Å². The summed E-state index contributed by atoms with van der Waals surface area (Å²) in [4.78, 5) is 29.4. The molecule has 2 amide bonds. The zero-order chi connectivity index (χ0) is 25.3. The van der Waals surface area contributed by atoms with Crippen molar-refractivity contribution in [2.75, 3.05) is 45.4 Å². The van der Waals surface area contributed by atoms with Gasteiger partial charge in [0.2, 0.25) is 0 Å². The third kappa shape index (κ3) is 6.50. The number of aromatic nitrogens is 1. The summed E-state index contributed by atoms with van der Waals surface area (Å²) in [5.74, 6) is 0.645. The monoisotopic (exact) mass is 493 g/mol. The number of nitrogens with one attached hydrogen (secondary N) is 1. The van der Waals surface area contributed by atoms with Gasteiger partial charge in [-0.05, 0) is 47.0 Å². The molecule has 1 aliphatic rings. The second kappa shape index (κ2) is 12.3. The first kappa shape index (κ1) is 25.4. The molecule has 1 N–H and O–H groups in total. The van der Waals surface area contributed by atoms with Crippen LogP contribution in [0.3, 0.4) is 0 Å². The van der Waals surface area contributed by atoms with Crippen molar-refractivity contribution in [1.82, 2.24) is 10.3 Å². The number of anilines is 1. The van der Waals surface area contributed by atoms with Gasteiger partial charge in [0.1, 0.15) is 5.75 Å². The van der Waals surface area contributed by atoms with Gasteiger partial charge in [-0.1, -0.05) is 24.3 Å². The van der Waals surface area contributed by atoms with Gasteiger partial charge in [-0.15, -0.1) is 0 Å². The number of methoxy groups -OCH3 is 1. The van der Waals surface area contributed by atoms with Crippen LogP contribution >= 0.6 is 0 Å². The van der Waals surface area contributed by atoms with Gasteiger partial charge in [0.05, 0.1) is 20.3 Å². The maximum absolute atomic E-state index is 12.2. The van der Waals surface area contributed by atoms with Crippen LogP contribution in [0.25, 0.3) is 10.8 Å². The van der Waals surface area contributed by atoms with E-state index in [-0.39, 0.29) is 24.7 Å². The quantitative estimate of drug-likeness (QED) is 0.452. The standard InChI is InChI=1S/C27H31N3O6/c1-30(21-10-13-28-14-11-21)25(31)18-36-27(32)29-12-4-7-26-34-16-20(17-35-26)23-6-3-5-19-15-22(33-2)8-9-24(19)23/h3,5-6,8-11,13-15,20,26H,4,7,12,16-18H2,1-2H3,(H,29,32)/t20-,26-. The van der Waals surface area contributed by atoms with E-state index in [2.05, 4.69) is 28.5 Å². The average molecular weight is 494 g/mol. The van der Waals surface area contributed by atoms with Crippen molar-refractivity contribution in [3.05, 3.63) is 66.5 Å². The third-order valence-corrected chi connectivity index (χ3v) is 6.16. The molecule has 0 bridgehead atoms. The van der Waals surface area contributed by atoms with E-state index in [0.29, 0.717) is 38.3 Å². The van der Waals surface area contributed by atoms with Crippen LogP contribution in [0.2, 0.25) is 0 Å². The van der Waals surface area contributed by atoms with Gasteiger partial charge < -0.3 is 29.2 Å². The van der Waals surface area contributed by atoms with Crippen molar-refractivity contribution in [1.29, 1.82) is 0 Å². The molecule has 2 aromatic carbocycles. The topological polar surface area (TPSA) is 99.2 Å². The molecule has 1 fully saturated rings. The molecule has 0 spiro atoms. The number of ether oxygens (including phenoxy) is 4. The number of pyridine rings is 1. The molecule has 3 aromatic rings. The molecule has 0 atom stereocenters. The summed E-state index contributed by atoms with van der Waals surface area (Å²) in [6, 6.07) is 15.7. The van der Waals surface area contributed by atoms with E-state index in [1.165, 1.54) is 15.8 Å². The molecule has 1 saturated heterocycles. The number of likely N-dealkylation sites (N-methyl/N-ethyl adjacent to an activating group) is 1. The Hall–Kier alpha value is -3.69. The van der Waals surface area contributed by atoms with Gasteiger partial charge in [-0.2, -0.15) is 0 Å².